The summed E-state index contributed by atoms with van der Waals surface area (Å²) in [5.74, 6) is 0. The fraction of sp³-hybridized carbons (Fsp3) is 0.0476. The zero-order chi connectivity index (χ0) is 19.1. The summed E-state index contributed by atoms with van der Waals surface area (Å²) in [7, 11) is 1.92. The lowest BCUT2D eigenvalue weighted by atomic mass is 10.3. The number of nitrogens with one attached hydrogen (secondary N) is 1. The molecule has 7 heteroatoms. The highest BCUT2D eigenvalue weighted by atomic mass is 32.2. The van der Waals surface area contributed by atoms with Crippen LogP contribution in [0.15, 0.2) is 69.3 Å². The Kier molecular flexibility index (Phi) is 4.43. The number of hydrogen-bond acceptors (Lipinski definition) is 6. The molecular formula is C21H15N3OS3. The van der Waals surface area contributed by atoms with Gasteiger partial charge in [0.05, 0.1) is 20.9 Å². The fourth-order valence-corrected chi connectivity index (χ4v) is 5.80. The van der Waals surface area contributed by atoms with Crippen molar-refractivity contribution in [2.75, 3.05) is 5.32 Å². The Morgan fingerprint density at radius 2 is 1.86 bits per heavy atom. The van der Waals surface area contributed by atoms with Gasteiger partial charge < -0.3 is 9.88 Å². The number of hydrogen-bond donors (Lipinski definition) is 1. The molecule has 0 saturated carbocycles. The Morgan fingerprint density at radius 1 is 1.04 bits per heavy atom. The van der Waals surface area contributed by atoms with Crippen LogP contribution in [0.2, 0.25) is 0 Å². The van der Waals surface area contributed by atoms with Crippen LogP contribution in [0.25, 0.3) is 22.4 Å². The van der Waals surface area contributed by atoms with Gasteiger partial charge in [-0.1, -0.05) is 47.4 Å². The van der Waals surface area contributed by atoms with Gasteiger partial charge >= 0.3 is 0 Å². The molecule has 0 amide bonds. The molecule has 4 aromatic rings. The van der Waals surface area contributed by atoms with Gasteiger partial charge in [-0.3, -0.25) is 4.79 Å². The van der Waals surface area contributed by atoms with Crippen molar-refractivity contribution >= 4 is 62.5 Å². The topological polar surface area (TPSA) is 46.9 Å². The summed E-state index contributed by atoms with van der Waals surface area (Å²) in [4.78, 5) is 18.4. The molecule has 2 aromatic carbocycles. The molecule has 5 rings (SSSR count). The third-order valence-electron chi connectivity index (χ3n) is 4.41. The molecule has 28 heavy (non-hydrogen) atoms. The summed E-state index contributed by atoms with van der Waals surface area (Å²) in [6.07, 6.45) is 5.84. The quantitative estimate of drug-likeness (QED) is 0.536. The first-order valence-corrected chi connectivity index (χ1v) is 11.1. The van der Waals surface area contributed by atoms with Gasteiger partial charge in [0.2, 0.25) is 0 Å². The second-order valence-electron chi connectivity index (χ2n) is 6.26. The summed E-state index contributed by atoms with van der Waals surface area (Å²) in [5.41, 5.74) is 2.09. The monoisotopic (exact) mass is 421 g/mol. The van der Waals surface area contributed by atoms with Crippen molar-refractivity contribution in [2.45, 2.75) is 4.90 Å². The molecule has 0 fully saturated rings. The lowest BCUT2D eigenvalue weighted by Gasteiger charge is -1.95. The van der Waals surface area contributed by atoms with E-state index in [2.05, 4.69) is 28.5 Å². The van der Waals surface area contributed by atoms with Crippen LogP contribution in [-0.4, -0.2) is 9.55 Å². The van der Waals surface area contributed by atoms with E-state index >= 15 is 0 Å². The number of para-hydroxylation sites is 2. The molecule has 2 aromatic heterocycles. The molecule has 0 spiro atoms. The van der Waals surface area contributed by atoms with E-state index in [-0.39, 0.29) is 4.74 Å². The Balaban J connectivity index is 1.52. The molecule has 3 heterocycles. The van der Waals surface area contributed by atoms with Gasteiger partial charge in [0, 0.05) is 18.0 Å². The van der Waals surface area contributed by atoms with Crippen LogP contribution in [0.4, 0.5) is 5.69 Å². The lowest BCUT2D eigenvalue weighted by molar-refractivity contribution is 0.862. The maximum absolute atomic E-state index is 12.5. The first-order chi connectivity index (χ1) is 13.7. The summed E-state index contributed by atoms with van der Waals surface area (Å²) >= 11 is 4.55. The summed E-state index contributed by atoms with van der Waals surface area (Å²) in [5, 5.41) is 5.97. The molecule has 1 N–H and O–H groups in total. The fourth-order valence-electron chi connectivity index (χ4n) is 3.00. The van der Waals surface area contributed by atoms with Crippen molar-refractivity contribution in [3.8, 4) is 0 Å². The molecule has 4 nitrogen and oxygen atoms in total. The number of rotatable bonds is 2. The zero-order valence-electron chi connectivity index (χ0n) is 14.9. The molecule has 0 aliphatic carbocycles. The van der Waals surface area contributed by atoms with Gasteiger partial charge in [-0.15, -0.1) is 11.3 Å². The van der Waals surface area contributed by atoms with Crippen LogP contribution in [0.1, 0.15) is 5.01 Å². The van der Waals surface area contributed by atoms with Crippen molar-refractivity contribution in [3.05, 3.63) is 84.2 Å². The molecule has 0 bridgehead atoms. The normalized spacial score (nSPS) is 16.1. The highest BCUT2D eigenvalue weighted by molar-refractivity contribution is 8.03. The second kappa shape index (κ2) is 7.09. The van der Waals surface area contributed by atoms with Crippen LogP contribution in [-0.2, 0) is 7.05 Å². The predicted octanol–water partition coefficient (Wildman–Crippen LogP) is 3.73. The first-order valence-electron chi connectivity index (χ1n) is 8.66. The van der Waals surface area contributed by atoms with Crippen molar-refractivity contribution < 1.29 is 0 Å². The Labute approximate surface area is 173 Å². The molecule has 1 aliphatic rings. The molecule has 0 saturated heterocycles. The minimum absolute atomic E-state index is 0.0484. The highest BCUT2D eigenvalue weighted by Crippen LogP contribution is 2.40. The molecule has 0 atom stereocenters. The maximum Gasteiger partial charge on any atom is 0.257 e. The smallest absolute Gasteiger partial charge is 0.257 e. The van der Waals surface area contributed by atoms with E-state index < -0.39 is 0 Å². The third-order valence-corrected chi connectivity index (χ3v) is 7.43. The van der Waals surface area contributed by atoms with Gasteiger partial charge in [0.1, 0.15) is 15.0 Å². The van der Waals surface area contributed by atoms with Crippen LogP contribution in [0.3, 0.4) is 0 Å². The van der Waals surface area contributed by atoms with Crippen LogP contribution >= 0.6 is 34.4 Å². The van der Waals surface area contributed by atoms with E-state index in [1.54, 1.807) is 23.1 Å². The van der Waals surface area contributed by atoms with Crippen LogP contribution in [0.5, 0.6) is 0 Å². The zero-order valence-corrected chi connectivity index (χ0v) is 17.3. The molecule has 0 radical (unpaired) electrons. The van der Waals surface area contributed by atoms with Gasteiger partial charge in [-0.2, -0.15) is 0 Å². The number of nitrogens with zero attached hydrogens (tertiary/aromatic N) is 2. The van der Waals surface area contributed by atoms with E-state index in [9.17, 15) is 4.79 Å². The van der Waals surface area contributed by atoms with Gasteiger partial charge in [0.15, 0.2) is 0 Å². The van der Waals surface area contributed by atoms with E-state index in [1.165, 1.54) is 16.2 Å². The number of aromatic nitrogens is 2. The minimum Gasteiger partial charge on any atom is -0.349 e. The van der Waals surface area contributed by atoms with Gasteiger partial charge in [-0.25, -0.2) is 4.98 Å². The van der Waals surface area contributed by atoms with Gasteiger partial charge in [-0.05, 0) is 36.4 Å². The predicted molar refractivity (Wildman–Crippen MR) is 120 cm³/mol. The van der Waals surface area contributed by atoms with E-state index in [4.69, 9.17) is 0 Å². The minimum atomic E-state index is 0.0484. The number of fused-ring (bicyclic) bond motifs is 2. The average molecular weight is 422 g/mol. The molecule has 0 unspecified atom stereocenters. The standard InChI is InChI=1S/C21H15N3OS3/c1-24-15(10-11-18-22-13-6-2-4-8-16(13)26-18)21(25)28-20(24)12-19-23-14-7-3-5-9-17(14)27-19/h2-12,22H,1H3. The first kappa shape index (κ1) is 17.5. The van der Waals surface area contributed by atoms with Crippen LogP contribution in [0, 0.1) is 0 Å². The van der Waals surface area contributed by atoms with Crippen molar-refractivity contribution in [2.24, 2.45) is 7.05 Å². The van der Waals surface area contributed by atoms with Gasteiger partial charge in [0.25, 0.3) is 4.74 Å². The molecule has 138 valence electrons. The third kappa shape index (κ3) is 3.22. The van der Waals surface area contributed by atoms with Crippen molar-refractivity contribution in [3.63, 3.8) is 0 Å². The maximum atomic E-state index is 12.5. The number of thioether (sulfide) groups is 1. The van der Waals surface area contributed by atoms with E-state index in [0.717, 1.165) is 30.6 Å². The SMILES string of the molecule is Cn1c(=Cc2nc3ccccc3s2)sc(=O)c1=CC=C1Nc2ccccc2S1. The Bertz CT molecular complexity index is 1350. The number of allylic oxidation sites excluding steroid dienone is 1. The second-order valence-corrected chi connectivity index (χ2v) is 9.40. The van der Waals surface area contributed by atoms with Crippen LogP contribution < -0.4 is 20.1 Å². The summed E-state index contributed by atoms with van der Waals surface area (Å²) < 4.78 is 4.02. The number of thiazole rings is 2. The lowest BCUT2D eigenvalue weighted by Crippen LogP contribution is -2.29. The Hall–Kier alpha value is -2.61. The Morgan fingerprint density at radius 3 is 2.71 bits per heavy atom. The number of benzene rings is 2. The average Bonchev–Trinajstić information content (AvgIpc) is 3.36. The highest BCUT2D eigenvalue weighted by Gasteiger charge is 2.13. The van der Waals surface area contributed by atoms with E-state index in [1.807, 2.05) is 60.2 Å². The van der Waals surface area contributed by atoms with Crippen molar-refractivity contribution in [1.29, 1.82) is 0 Å². The van der Waals surface area contributed by atoms with E-state index in [0.29, 0.717) is 5.35 Å². The molecular weight excluding hydrogens is 406 g/mol. The largest absolute Gasteiger partial charge is 0.349 e. The summed E-state index contributed by atoms with van der Waals surface area (Å²) in [6.45, 7) is 0. The van der Waals surface area contributed by atoms with Crippen molar-refractivity contribution in [1.82, 2.24) is 9.55 Å². The number of anilines is 1. The molecule has 1 aliphatic heterocycles. The summed E-state index contributed by atoms with van der Waals surface area (Å²) in [6, 6.07) is 16.2.